The SMILES string of the molecule is CCOc1nc2ccc(F)c(F)c2n1-c1cccc2c1OC[C@H]2Nc1ccc2c(c1)OC[C@H]2OC(C)=O.[H-].[Na+]. The van der Waals surface area contributed by atoms with Gasteiger partial charge in [-0.2, -0.15) is 4.98 Å². The fraction of sp³-hybridized carbons (Fsp3) is 0.259. The molecule has 3 heterocycles. The molecule has 2 aliphatic heterocycles. The number of rotatable bonds is 6. The third-order valence-corrected chi connectivity index (χ3v) is 6.39. The molecule has 1 N–H and O–H groups in total. The molecule has 0 spiro atoms. The van der Waals surface area contributed by atoms with Gasteiger partial charge in [-0.1, -0.05) is 12.1 Å². The Labute approximate surface area is 240 Å². The number of imidazole rings is 1. The van der Waals surface area contributed by atoms with Crippen molar-refractivity contribution in [2.75, 3.05) is 25.1 Å². The van der Waals surface area contributed by atoms with E-state index in [2.05, 4.69) is 10.3 Å². The molecule has 38 heavy (non-hydrogen) atoms. The van der Waals surface area contributed by atoms with Crippen molar-refractivity contribution in [1.29, 1.82) is 0 Å². The van der Waals surface area contributed by atoms with Gasteiger partial charge in [-0.25, -0.2) is 8.78 Å². The van der Waals surface area contributed by atoms with E-state index in [9.17, 15) is 13.6 Å². The number of esters is 1. The molecule has 2 atom stereocenters. The van der Waals surface area contributed by atoms with Gasteiger partial charge < -0.3 is 25.7 Å². The average Bonchev–Trinajstić information content (AvgIpc) is 3.57. The largest absolute Gasteiger partial charge is 1.00 e. The van der Waals surface area contributed by atoms with Crippen LogP contribution in [0.1, 0.15) is 38.5 Å². The summed E-state index contributed by atoms with van der Waals surface area (Å²) in [5.41, 5.74) is 3.21. The Morgan fingerprint density at radius 3 is 2.79 bits per heavy atom. The Morgan fingerprint density at radius 2 is 2.00 bits per heavy atom. The number of fused-ring (bicyclic) bond motifs is 3. The molecule has 0 saturated heterocycles. The van der Waals surface area contributed by atoms with Crippen LogP contribution < -0.4 is 49.1 Å². The van der Waals surface area contributed by atoms with Crippen molar-refractivity contribution in [3.05, 3.63) is 71.3 Å². The van der Waals surface area contributed by atoms with Crippen molar-refractivity contribution < 1.29 is 63.5 Å². The smallest absolute Gasteiger partial charge is 1.00 e. The molecule has 0 bridgehead atoms. The van der Waals surface area contributed by atoms with Gasteiger partial charge in [0.15, 0.2) is 17.7 Å². The molecule has 1 aromatic heterocycles. The summed E-state index contributed by atoms with van der Waals surface area (Å²) in [6.07, 6.45) is -0.422. The van der Waals surface area contributed by atoms with Crippen molar-refractivity contribution in [2.24, 2.45) is 0 Å². The van der Waals surface area contributed by atoms with Crippen LogP contribution in [-0.2, 0) is 9.53 Å². The van der Waals surface area contributed by atoms with Crippen LogP contribution >= 0.6 is 0 Å². The molecule has 8 nitrogen and oxygen atoms in total. The van der Waals surface area contributed by atoms with Gasteiger partial charge in [-0.05, 0) is 37.3 Å². The zero-order chi connectivity index (χ0) is 25.7. The molecular formula is C27H24F2N3NaO5. The van der Waals surface area contributed by atoms with E-state index in [1.54, 1.807) is 13.0 Å². The van der Waals surface area contributed by atoms with Gasteiger partial charge in [0.25, 0.3) is 0 Å². The van der Waals surface area contributed by atoms with Crippen LogP contribution in [0.15, 0.2) is 48.5 Å². The van der Waals surface area contributed by atoms with E-state index in [0.717, 1.165) is 22.9 Å². The summed E-state index contributed by atoms with van der Waals surface area (Å²) in [5, 5.41) is 3.45. The van der Waals surface area contributed by atoms with Gasteiger partial charge in [-0.3, -0.25) is 9.36 Å². The van der Waals surface area contributed by atoms with E-state index in [1.165, 1.54) is 17.6 Å². The summed E-state index contributed by atoms with van der Waals surface area (Å²) < 4.78 is 53.3. The third-order valence-electron chi connectivity index (χ3n) is 6.39. The van der Waals surface area contributed by atoms with Crippen LogP contribution in [0.4, 0.5) is 14.5 Å². The second-order valence-corrected chi connectivity index (χ2v) is 8.76. The molecule has 0 unspecified atom stereocenters. The molecule has 0 saturated carbocycles. The number of halogens is 2. The van der Waals surface area contributed by atoms with E-state index >= 15 is 0 Å². The molecular weight excluding hydrogens is 507 g/mol. The minimum Gasteiger partial charge on any atom is -1.00 e. The molecule has 0 amide bonds. The fourth-order valence-corrected chi connectivity index (χ4v) is 4.83. The van der Waals surface area contributed by atoms with Crippen molar-refractivity contribution in [3.8, 4) is 23.2 Å². The van der Waals surface area contributed by atoms with Gasteiger partial charge in [0.05, 0.1) is 23.9 Å². The van der Waals surface area contributed by atoms with Crippen LogP contribution in [0.3, 0.4) is 0 Å². The minimum absolute atomic E-state index is 0. The van der Waals surface area contributed by atoms with Crippen molar-refractivity contribution in [2.45, 2.75) is 26.0 Å². The monoisotopic (exact) mass is 531 g/mol. The number of hydrogen-bond acceptors (Lipinski definition) is 7. The van der Waals surface area contributed by atoms with Gasteiger partial charge in [-0.15, -0.1) is 0 Å². The standard InChI is InChI=1S/C27H23F2N3O5.Na.H/c1-3-34-27-31-19-10-9-18(28)24(29)25(19)32(27)21-6-4-5-16-20(12-36-26(16)21)30-15-7-8-17-22(11-15)35-13-23(17)37-14(2)33;;/h4-11,20,23,30H,3,12-13H2,1-2H3;;/q;+1;-1/t20-,23-;;/m1../s1. The molecule has 0 radical (unpaired) electrons. The number of para-hydroxylation sites is 1. The van der Waals surface area contributed by atoms with E-state index in [0.29, 0.717) is 30.4 Å². The predicted molar refractivity (Wildman–Crippen MR) is 132 cm³/mol. The molecule has 0 aliphatic carbocycles. The Hall–Kier alpha value is -3.34. The number of carbonyl (C=O) groups is 1. The summed E-state index contributed by atoms with van der Waals surface area (Å²) in [6.45, 7) is 4.05. The number of benzene rings is 3. The van der Waals surface area contributed by atoms with Crippen LogP contribution in [0.25, 0.3) is 16.7 Å². The zero-order valence-corrected chi connectivity index (χ0v) is 23.1. The number of anilines is 1. The summed E-state index contributed by atoms with van der Waals surface area (Å²) in [4.78, 5) is 15.7. The third kappa shape index (κ3) is 4.46. The average molecular weight is 531 g/mol. The number of aromatic nitrogens is 2. The maximum absolute atomic E-state index is 14.9. The quantitative estimate of drug-likeness (QED) is 0.302. The number of nitrogens with zero attached hydrogens (tertiary/aromatic N) is 2. The Bertz CT molecular complexity index is 1550. The Kier molecular flexibility index (Phi) is 7.21. The van der Waals surface area contributed by atoms with Crippen LogP contribution in [0.2, 0.25) is 0 Å². The summed E-state index contributed by atoms with van der Waals surface area (Å²) in [5.74, 6) is -1.17. The molecule has 11 heteroatoms. The summed E-state index contributed by atoms with van der Waals surface area (Å²) in [7, 11) is 0. The summed E-state index contributed by atoms with van der Waals surface area (Å²) in [6, 6.07) is 13.5. The van der Waals surface area contributed by atoms with Crippen molar-refractivity contribution >= 4 is 22.7 Å². The molecule has 4 aromatic rings. The predicted octanol–water partition coefficient (Wildman–Crippen LogP) is 2.36. The van der Waals surface area contributed by atoms with Crippen LogP contribution in [-0.4, -0.2) is 35.3 Å². The molecule has 192 valence electrons. The minimum atomic E-state index is -1.01. The van der Waals surface area contributed by atoms with Gasteiger partial charge in [0.1, 0.15) is 30.2 Å². The van der Waals surface area contributed by atoms with Crippen molar-refractivity contribution in [1.82, 2.24) is 9.55 Å². The molecule has 6 rings (SSSR count). The number of hydrogen-bond donors (Lipinski definition) is 1. The first-order valence-corrected chi connectivity index (χ1v) is 11.9. The zero-order valence-electron chi connectivity index (χ0n) is 22.1. The second-order valence-electron chi connectivity index (χ2n) is 8.76. The topological polar surface area (TPSA) is 83.8 Å². The van der Waals surface area contributed by atoms with E-state index in [-0.39, 0.29) is 66.6 Å². The number of nitrogens with one attached hydrogen (secondary N) is 1. The van der Waals surface area contributed by atoms with Gasteiger partial charge in [0.2, 0.25) is 0 Å². The number of carbonyl (C=O) groups excluding carboxylic acids is 1. The normalized spacial score (nSPS) is 17.2. The van der Waals surface area contributed by atoms with E-state index in [4.69, 9.17) is 18.9 Å². The maximum Gasteiger partial charge on any atom is 1.00 e. The molecule has 0 fully saturated rings. The van der Waals surface area contributed by atoms with E-state index in [1.807, 2.05) is 30.3 Å². The van der Waals surface area contributed by atoms with Crippen LogP contribution in [0, 0.1) is 11.6 Å². The number of ether oxygens (including phenoxy) is 4. The first kappa shape index (κ1) is 26.3. The van der Waals surface area contributed by atoms with Gasteiger partial charge in [0, 0.05) is 29.8 Å². The van der Waals surface area contributed by atoms with E-state index < -0.39 is 17.7 Å². The fourth-order valence-electron chi connectivity index (χ4n) is 4.83. The maximum atomic E-state index is 14.9. The molecule has 3 aromatic carbocycles. The Morgan fingerprint density at radius 1 is 1.16 bits per heavy atom. The van der Waals surface area contributed by atoms with Crippen molar-refractivity contribution in [3.63, 3.8) is 0 Å². The summed E-state index contributed by atoms with van der Waals surface area (Å²) >= 11 is 0. The van der Waals surface area contributed by atoms with Gasteiger partial charge >= 0.3 is 41.5 Å². The Balaban J connectivity index is 0.00000176. The second kappa shape index (κ2) is 10.4. The van der Waals surface area contributed by atoms with Crippen LogP contribution in [0.5, 0.6) is 17.5 Å². The first-order chi connectivity index (χ1) is 17.9. The first-order valence-electron chi connectivity index (χ1n) is 11.9. The molecule has 2 aliphatic rings.